The third-order valence-electron chi connectivity index (χ3n) is 3.01. The molecule has 0 aliphatic heterocycles. The normalized spacial score (nSPS) is 10.3. The molecule has 0 atom stereocenters. The van der Waals surface area contributed by atoms with Crippen LogP contribution < -0.4 is 15.0 Å². The molecule has 21 heavy (non-hydrogen) atoms. The van der Waals surface area contributed by atoms with Crippen LogP contribution in [0.15, 0.2) is 30.3 Å². The fourth-order valence-electron chi connectivity index (χ4n) is 1.92. The average molecular weight is 326 g/mol. The highest BCUT2D eigenvalue weighted by Crippen LogP contribution is 2.34. The van der Waals surface area contributed by atoms with E-state index in [1.807, 2.05) is 43.1 Å². The third-order valence-corrected chi connectivity index (χ3v) is 3.58. The molecule has 0 aliphatic carbocycles. The third kappa shape index (κ3) is 3.52. The maximum Gasteiger partial charge on any atom is 0.154 e. The summed E-state index contributed by atoms with van der Waals surface area (Å²) in [7, 11) is 3.53. The number of hydrogen-bond acceptors (Lipinski definition) is 4. The molecule has 1 aromatic carbocycles. The van der Waals surface area contributed by atoms with Crippen LogP contribution in [-0.2, 0) is 0 Å². The van der Waals surface area contributed by atoms with Crippen molar-refractivity contribution >= 4 is 40.5 Å². The van der Waals surface area contributed by atoms with E-state index in [0.717, 1.165) is 18.0 Å². The van der Waals surface area contributed by atoms with Gasteiger partial charge in [0.2, 0.25) is 0 Å². The predicted molar refractivity (Wildman–Crippen MR) is 89.5 cm³/mol. The van der Waals surface area contributed by atoms with Gasteiger partial charge in [0.1, 0.15) is 11.6 Å². The van der Waals surface area contributed by atoms with E-state index < -0.39 is 0 Å². The summed E-state index contributed by atoms with van der Waals surface area (Å²) in [6.07, 6.45) is 0. The molecule has 0 aliphatic rings. The van der Waals surface area contributed by atoms with Gasteiger partial charge in [-0.25, -0.2) is 4.98 Å². The topological polar surface area (TPSA) is 37.4 Å². The number of nitrogens with one attached hydrogen (secondary N) is 1. The SMILES string of the molecule is CCNc1nc(N(C)c2cccc(OC)c2)c(Cl)cc1Cl. The van der Waals surface area contributed by atoms with Crippen molar-refractivity contribution in [2.75, 3.05) is 30.9 Å². The van der Waals surface area contributed by atoms with Crippen LogP contribution in [0.5, 0.6) is 5.75 Å². The fraction of sp³-hybridized carbons (Fsp3) is 0.267. The van der Waals surface area contributed by atoms with E-state index in [9.17, 15) is 0 Å². The number of aromatic nitrogens is 1. The summed E-state index contributed by atoms with van der Waals surface area (Å²) in [6.45, 7) is 2.72. The summed E-state index contributed by atoms with van der Waals surface area (Å²) in [6, 6.07) is 9.37. The van der Waals surface area contributed by atoms with Crippen LogP contribution in [0.25, 0.3) is 0 Å². The molecule has 0 unspecified atom stereocenters. The second-order valence-electron chi connectivity index (χ2n) is 4.42. The standard InChI is InChI=1S/C15H17Cl2N3O/c1-4-18-14-12(16)9-13(17)15(19-14)20(2)10-6-5-7-11(8-10)21-3/h5-9H,4H2,1-3H3,(H,18,19). The van der Waals surface area contributed by atoms with Crippen molar-refractivity contribution in [3.8, 4) is 5.75 Å². The molecule has 0 radical (unpaired) electrons. The first-order valence-corrected chi connectivity index (χ1v) is 7.30. The Morgan fingerprint density at radius 2 is 2.00 bits per heavy atom. The Morgan fingerprint density at radius 3 is 2.67 bits per heavy atom. The molecule has 0 fully saturated rings. The monoisotopic (exact) mass is 325 g/mol. The Kier molecular flexibility index (Phi) is 5.15. The maximum absolute atomic E-state index is 6.27. The molecule has 1 N–H and O–H groups in total. The van der Waals surface area contributed by atoms with Gasteiger partial charge in [-0.1, -0.05) is 29.3 Å². The smallest absolute Gasteiger partial charge is 0.154 e. The van der Waals surface area contributed by atoms with E-state index in [2.05, 4.69) is 10.3 Å². The molecule has 2 rings (SSSR count). The van der Waals surface area contributed by atoms with Crippen molar-refractivity contribution in [2.45, 2.75) is 6.92 Å². The van der Waals surface area contributed by atoms with E-state index in [1.165, 1.54) is 0 Å². The summed E-state index contributed by atoms with van der Waals surface area (Å²) in [4.78, 5) is 6.39. The number of benzene rings is 1. The molecule has 4 nitrogen and oxygen atoms in total. The molecular weight excluding hydrogens is 309 g/mol. The van der Waals surface area contributed by atoms with E-state index in [0.29, 0.717) is 21.7 Å². The van der Waals surface area contributed by atoms with Gasteiger partial charge in [-0.2, -0.15) is 0 Å². The van der Waals surface area contributed by atoms with Crippen LogP contribution in [0, 0.1) is 0 Å². The van der Waals surface area contributed by atoms with Crippen molar-refractivity contribution in [3.05, 3.63) is 40.4 Å². The Labute approximate surface area is 134 Å². The van der Waals surface area contributed by atoms with Crippen LogP contribution >= 0.6 is 23.2 Å². The van der Waals surface area contributed by atoms with Gasteiger partial charge >= 0.3 is 0 Å². The van der Waals surface area contributed by atoms with Crippen LogP contribution in [0.4, 0.5) is 17.3 Å². The lowest BCUT2D eigenvalue weighted by Crippen LogP contribution is -2.13. The molecule has 0 spiro atoms. The number of pyridine rings is 1. The molecule has 1 heterocycles. The van der Waals surface area contributed by atoms with Crippen molar-refractivity contribution in [2.24, 2.45) is 0 Å². The Morgan fingerprint density at radius 1 is 1.24 bits per heavy atom. The summed E-state index contributed by atoms with van der Waals surface area (Å²) in [5, 5.41) is 4.12. The Balaban J connectivity index is 2.41. The number of methoxy groups -OCH3 is 1. The lowest BCUT2D eigenvalue weighted by Gasteiger charge is -2.21. The Bertz CT molecular complexity index is 634. The van der Waals surface area contributed by atoms with Crippen molar-refractivity contribution in [3.63, 3.8) is 0 Å². The maximum atomic E-state index is 6.27. The van der Waals surface area contributed by atoms with Gasteiger partial charge in [-0.15, -0.1) is 0 Å². The molecule has 0 amide bonds. The minimum atomic E-state index is 0.493. The number of ether oxygens (including phenoxy) is 1. The highest BCUT2D eigenvalue weighted by molar-refractivity contribution is 6.37. The summed E-state index contributed by atoms with van der Waals surface area (Å²) < 4.78 is 5.24. The van der Waals surface area contributed by atoms with Gasteiger partial charge in [-0.3, -0.25) is 0 Å². The zero-order valence-electron chi connectivity index (χ0n) is 12.2. The summed E-state index contributed by atoms with van der Waals surface area (Å²) in [5.74, 6) is 2.02. The van der Waals surface area contributed by atoms with Crippen molar-refractivity contribution in [1.29, 1.82) is 0 Å². The number of anilines is 3. The second-order valence-corrected chi connectivity index (χ2v) is 5.23. The first-order valence-electron chi connectivity index (χ1n) is 6.54. The molecular formula is C15H17Cl2N3O. The molecule has 2 aromatic rings. The van der Waals surface area contributed by atoms with Crippen LogP contribution in [-0.4, -0.2) is 25.7 Å². The summed E-state index contributed by atoms with van der Waals surface area (Å²) in [5.41, 5.74) is 0.925. The van der Waals surface area contributed by atoms with E-state index in [4.69, 9.17) is 27.9 Å². The van der Waals surface area contributed by atoms with Crippen LogP contribution in [0.1, 0.15) is 6.92 Å². The molecule has 0 bridgehead atoms. The number of halogens is 2. The zero-order chi connectivity index (χ0) is 15.4. The van der Waals surface area contributed by atoms with Gasteiger partial charge in [0, 0.05) is 25.3 Å². The second kappa shape index (κ2) is 6.87. The highest BCUT2D eigenvalue weighted by Gasteiger charge is 2.14. The van der Waals surface area contributed by atoms with Gasteiger partial charge in [0.15, 0.2) is 5.82 Å². The number of nitrogens with zero attached hydrogens (tertiary/aromatic N) is 2. The zero-order valence-corrected chi connectivity index (χ0v) is 13.7. The first-order chi connectivity index (χ1) is 10.1. The van der Waals surface area contributed by atoms with Gasteiger partial charge in [-0.05, 0) is 25.1 Å². The number of rotatable bonds is 5. The van der Waals surface area contributed by atoms with Gasteiger partial charge < -0.3 is 15.0 Å². The fourth-order valence-corrected chi connectivity index (χ4v) is 2.48. The van der Waals surface area contributed by atoms with Crippen molar-refractivity contribution < 1.29 is 4.74 Å². The van der Waals surface area contributed by atoms with E-state index in [-0.39, 0.29) is 0 Å². The minimum Gasteiger partial charge on any atom is -0.497 e. The molecule has 0 saturated heterocycles. The van der Waals surface area contributed by atoms with Crippen molar-refractivity contribution in [1.82, 2.24) is 4.98 Å². The van der Waals surface area contributed by atoms with Gasteiger partial charge in [0.25, 0.3) is 0 Å². The quantitative estimate of drug-likeness (QED) is 0.871. The molecule has 0 saturated carbocycles. The lowest BCUT2D eigenvalue weighted by atomic mass is 10.2. The lowest BCUT2D eigenvalue weighted by molar-refractivity contribution is 0.415. The molecule has 6 heteroatoms. The molecule has 112 valence electrons. The molecule has 1 aromatic heterocycles. The first kappa shape index (κ1) is 15.7. The predicted octanol–water partition coefficient (Wildman–Crippen LogP) is 4.60. The Hall–Kier alpha value is -1.65. The largest absolute Gasteiger partial charge is 0.497 e. The van der Waals surface area contributed by atoms with Crippen LogP contribution in [0.3, 0.4) is 0 Å². The summed E-state index contributed by atoms with van der Waals surface area (Å²) >= 11 is 12.4. The van der Waals surface area contributed by atoms with E-state index >= 15 is 0 Å². The average Bonchev–Trinajstić information content (AvgIpc) is 2.49. The minimum absolute atomic E-state index is 0.493. The highest BCUT2D eigenvalue weighted by atomic mass is 35.5. The van der Waals surface area contributed by atoms with Gasteiger partial charge in [0.05, 0.1) is 17.2 Å². The van der Waals surface area contributed by atoms with Crippen LogP contribution in [0.2, 0.25) is 10.0 Å². The van der Waals surface area contributed by atoms with E-state index in [1.54, 1.807) is 13.2 Å². The number of hydrogen-bond donors (Lipinski definition) is 1.